The molecule has 1 heterocycles. The lowest BCUT2D eigenvalue weighted by molar-refractivity contribution is 0.827. The fourth-order valence-corrected chi connectivity index (χ4v) is 4.24. The van der Waals surface area contributed by atoms with Gasteiger partial charge in [0.05, 0.1) is 16.2 Å². The number of hydrogen-bond acceptors (Lipinski definition) is 1. The highest BCUT2D eigenvalue weighted by atomic mass is 35.5. The smallest absolute Gasteiger partial charge is 0.0640 e. The van der Waals surface area contributed by atoms with Gasteiger partial charge in [-0.05, 0) is 36.6 Å². The number of hydrogen-bond donors (Lipinski definition) is 1. The van der Waals surface area contributed by atoms with Crippen LogP contribution in [0.5, 0.6) is 0 Å². The molecule has 1 N–H and O–H groups in total. The van der Waals surface area contributed by atoms with Gasteiger partial charge in [0.1, 0.15) is 0 Å². The molecule has 0 amide bonds. The standard InChI is InChI=1S/C24H19ClN2/c1-2-27-22-14-8-5-11-18(22)24-17-10-4-3-9-16(17)21(15-23(24)27)26-20-13-7-6-12-19(20)25/h3-15,26H,2H2,1H3. The lowest BCUT2D eigenvalue weighted by Crippen LogP contribution is -1.96. The van der Waals surface area contributed by atoms with Crippen molar-refractivity contribution in [1.82, 2.24) is 4.57 Å². The summed E-state index contributed by atoms with van der Waals surface area (Å²) in [7, 11) is 0. The zero-order valence-corrected chi connectivity index (χ0v) is 15.8. The van der Waals surface area contributed by atoms with Gasteiger partial charge in [-0.25, -0.2) is 0 Å². The van der Waals surface area contributed by atoms with Crippen LogP contribution in [0.2, 0.25) is 5.02 Å². The first-order valence-corrected chi connectivity index (χ1v) is 9.60. The normalized spacial score (nSPS) is 11.5. The lowest BCUT2D eigenvalue weighted by Gasteiger charge is -2.13. The van der Waals surface area contributed by atoms with Crippen LogP contribution in [0.3, 0.4) is 0 Å². The van der Waals surface area contributed by atoms with Crippen molar-refractivity contribution in [2.45, 2.75) is 13.5 Å². The van der Waals surface area contributed by atoms with Crippen LogP contribution in [-0.2, 0) is 6.54 Å². The second-order valence-electron chi connectivity index (χ2n) is 6.73. The van der Waals surface area contributed by atoms with Gasteiger partial charge in [0.2, 0.25) is 0 Å². The predicted molar refractivity (Wildman–Crippen MR) is 117 cm³/mol. The van der Waals surface area contributed by atoms with Crippen molar-refractivity contribution in [2.75, 3.05) is 5.32 Å². The Kier molecular flexibility index (Phi) is 3.80. The van der Waals surface area contributed by atoms with Crippen LogP contribution >= 0.6 is 11.6 Å². The maximum Gasteiger partial charge on any atom is 0.0640 e. The third kappa shape index (κ3) is 2.48. The van der Waals surface area contributed by atoms with Gasteiger partial charge in [0, 0.05) is 33.9 Å². The molecule has 0 fully saturated rings. The number of rotatable bonds is 3. The molecule has 132 valence electrons. The van der Waals surface area contributed by atoms with Crippen molar-refractivity contribution in [3.8, 4) is 0 Å². The minimum Gasteiger partial charge on any atom is -0.354 e. The summed E-state index contributed by atoms with van der Waals surface area (Å²) in [6.07, 6.45) is 0. The topological polar surface area (TPSA) is 17.0 Å². The molecule has 27 heavy (non-hydrogen) atoms. The zero-order valence-electron chi connectivity index (χ0n) is 15.0. The van der Waals surface area contributed by atoms with Gasteiger partial charge in [-0.2, -0.15) is 0 Å². The molecule has 0 bridgehead atoms. The Morgan fingerprint density at radius 2 is 1.41 bits per heavy atom. The molecular weight excluding hydrogens is 352 g/mol. The highest BCUT2D eigenvalue weighted by Gasteiger charge is 2.15. The predicted octanol–water partition coefficient (Wildman–Crippen LogP) is 7.36. The summed E-state index contributed by atoms with van der Waals surface area (Å²) in [6, 6.07) is 27.4. The van der Waals surface area contributed by atoms with Gasteiger partial charge >= 0.3 is 0 Å². The summed E-state index contributed by atoms with van der Waals surface area (Å²) in [5.74, 6) is 0. The summed E-state index contributed by atoms with van der Waals surface area (Å²) in [5.41, 5.74) is 4.51. The summed E-state index contributed by atoms with van der Waals surface area (Å²) < 4.78 is 2.38. The number of para-hydroxylation sites is 2. The average Bonchev–Trinajstić information content (AvgIpc) is 3.03. The van der Waals surface area contributed by atoms with Crippen LogP contribution in [0.1, 0.15) is 6.92 Å². The van der Waals surface area contributed by atoms with Crippen LogP contribution in [0, 0.1) is 0 Å². The van der Waals surface area contributed by atoms with Crippen molar-refractivity contribution in [3.05, 3.63) is 83.9 Å². The highest BCUT2D eigenvalue weighted by Crippen LogP contribution is 2.39. The van der Waals surface area contributed by atoms with E-state index in [-0.39, 0.29) is 0 Å². The van der Waals surface area contributed by atoms with Crippen LogP contribution in [0.25, 0.3) is 32.6 Å². The molecule has 0 atom stereocenters. The zero-order chi connectivity index (χ0) is 18.4. The van der Waals surface area contributed by atoms with E-state index in [0.717, 1.165) is 22.9 Å². The molecule has 3 heteroatoms. The third-order valence-corrected chi connectivity index (χ3v) is 5.57. The van der Waals surface area contributed by atoms with Crippen LogP contribution in [0.15, 0.2) is 78.9 Å². The summed E-state index contributed by atoms with van der Waals surface area (Å²) in [5, 5.41) is 9.35. The Morgan fingerprint density at radius 1 is 0.741 bits per heavy atom. The second kappa shape index (κ2) is 6.33. The number of aryl methyl sites for hydroxylation is 1. The van der Waals surface area contributed by atoms with E-state index in [2.05, 4.69) is 71.4 Å². The van der Waals surface area contributed by atoms with E-state index >= 15 is 0 Å². The van der Waals surface area contributed by atoms with E-state index in [1.165, 1.54) is 32.6 Å². The Morgan fingerprint density at radius 3 is 2.19 bits per heavy atom. The Balaban J connectivity index is 1.89. The molecule has 4 aromatic carbocycles. The number of nitrogens with zero attached hydrogens (tertiary/aromatic N) is 1. The van der Waals surface area contributed by atoms with Gasteiger partial charge in [-0.3, -0.25) is 0 Å². The number of nitrogens with one attached hydrogen (secondary N) is 1. The third-order valence-electron chi connectivity index (χ3n) is 5.24. The van der Waals surface area contributed by atoms with Crippen LogP contribution in [0.4, 0.5) is 11.4 Å². The van der Waals surface area contributed by atoms with Crippen molar-refractivity contribution >= 4 is 55.6 Å². The van der Waals surface area contributed by atoms with Gasteiger partial charge in [-0.15, -0.1) is 0 Å². The molecule has 0 aliphatic heterocycles. The molecular formula is C24H19ClN2. The van der Waals surface area contributed by atoms with E-state index in [1.54, 1.807) is 0 Å². The number of fused-ring (bicyclic) bond motifs is 5. The maximum absolute atomic E-state index is 6.40. The molecule has 0 radical (unpaired) electrons. The first-order chi connectivity index (χ1) is 13.3. The molecule has 0 spiro atoms. The minimum atomic E-state index is 0.720. The molecule has 0 unspecified atom stereocenters. The molecule has 5 aromatic rings. The van der Waals surface area contributed by atoms with Crippen molar-refractivity contribution in [1.29, 1.82) is 0 Å². The van der Waals surface area contributed by atoms with Gasteiger partial charge < -0.3 is 9.88 Å². The first kappa shape index (κ1) is 16.2. The quantitative estimate of drug-likeness (QED) is 0.351. The monoisotopic (exact) mass is 370 g/mol. The Labute approximate surface area is 163 Å². The number of anilines is 2. The summed E-state index contributed by atoms with van der Waals surface area (Å²) in [4.78, 5) is 0. The van der Waals surface area contributed by atoms with Gasteiger partial charge in [0.25, 0.3) is 0 Å². The van der Waals surface area contributed by atoms with Gasteiger partial charge in [0.15, 0.2) is 0 Å². The largest absolute Gasteiger partial charge is 0.354 e. The molecule has 2 nitrogen and oxygen atoms in total. The molecule has 0 aliphatic rings. The Hall–Kier alpha value is -2.97. The van der Waals surface area contributed by atoms with E-state index in [1.807, 2.05) is 24.3 Å². The van der Waals surface area contributed by atoms with E-state index in [4.69, 9.17) is 11.6 Å². The van der Waals surface area contributed by atoms with Crippen molar-refractivity contribution < 1.29 is 0 Å². The highest BCUT2D eigenvalue weighted by molar-refractivity contribution is 6.33. The second-order valence-corrected chi connectivity index (χ2v) is 7.14. The molecule has 1 aromatic heterocycles. The molecule has 0 aliphatic carbocycles. The first-order valence-electron chi connectivity index (χ1n) is 9.22. The molecule has 0 saturated heterocycles. The Bertz CT molecular complexity index is 1300. The number of halogens is 1. The van der Waals surface area contributed by atoms with E-state index < -0.39 is 0 Å². The molecule has 0 saturated carbocycles. The van der Waals surface area contributed by atoms with Crippen molar-refractivity contribution in [3.63, 3.8) is 0 Å². The van der Waals surface area contributed by atoms with E-state index in [9.17, 15) is 0 Å². The van der Waals surface area contributed by atoms with Gasteiger partial charge in [-0.1, -0.05) is 66.2 Å². The number of benzene rings is 4. The molecule has 5 rings (SSSR count). The lowest BCUT2D eigenvalue weighted by atomic mass is 10.0. The van der Waals surface area contributed by atoms with Crippen LogP contribution < -0.4 is 5.32 Å². The average molecular weight is 371 g/mol. The summed E-state index contributed by atoms with van der Waals surface area (Å²) >= 11 is 6.40. The minimum absolute atomic E-state index is 0.720. The SMILES string of the molecule is CCn1c2ccccc2c2c3ccccc3c(Nc3ccccc3Cl)cc21. The number of aromatic nitrogens is 1. The summed E-state index contributed by atoms with van der Waals surface area (Å²) in [6.45, 7) is 3.12. The fourth-order valence-electron chi connectivity index (χ4n) is 4.06. The van der Waals surface area contributed by atoms with Crippen molar-refractivity contribution in [2.24, 2.45) is 0 Å². The maximum atomic E-state index is 6.40. The van der Waals surface area contributed by atoms with Crippen LogP contribution in [-0.4, -0.2) is 4.57 Å². The van der Waals surface area contributed by atoms with E-state index in [0.29, 0.717) is 0 Å². The fraction of sp³-hybridized carbons (Fsp3) is 0.0833.